The van der Waals surface area contributed by atoms with E-state index in [0.29, 0.717) is 16.3 Å². The lowest BCUT2D eigenvalue weighted by molar-refractivity contribution is 0.103. The summed E-state index contributed by atoms with van der Waals surface area (Å²) in [4.78, 5) is 12.6. The van der Waals surface area contributed by atoms with Crippen LogP contribution in [0, 0.1) is 0 Å². The molecule has 1 aliphatic carbocycles. The zero-order valence-electron chi connectivity index (χ0n) is 11.2. The molecule has 4 rings (SSSR count). The molecule has 0 unspecified atom stereocenters. The molecular formula is C17H10O5. The van der Waals surface area contributed by atoms with Crippen molar-refractivity contribution in [2.45, 2.75) is 0 Å². The number of aromatic hydroxyl groups is 4. The molecule has 0 saturated heterocycles. The topological polar surface area (TPSA) is 98.0 Å². The van der Waals surface area contributed by atoms with E-state index >= 15 is 0 Å². The third kappa shape index (κ3) is 1.34. The molecule has 3 aromatic carbocycles. The Morgan fingerprint density at radius 2 is 1.45 bits per heavy atom. The van der Waals surface area contributed by atoms with Gasteiger partial charge in [-0.25, -0.2) is 0 Å². The van der Waals surface area contributed by atoms with Gasteiger partial charge < -0.3 is 20.4 Å². The van der Waals surface area contributed by atoms with Gasteiger partial charge in [-0.2, -0.15) is 0 Å². The van der Waals surface area contributed by atoms with Crippen LogP contribution in [-0.4, -0.2) is 26.2 Å². The number of fused-ring (bicyclic) bond motifs is 2. The van der Waals surface area contributed by atoms with Crippen LogP contribution >= 0.6 is 0 Å². The van der Waals surface area contributed by atoms with Crippen LogP contribution in [0.15, 0.2) is 36.4 Å². The summed E-state index contributed by atoms with van der Waals surface area (Å²) in [5.41, 5.74) is 0.715. The van der Waals surface area contributed by atoms with Crippen molar-refractivity contribution in [3.63, 3.8) is 0 Å². The average Bonchev–Trinajstić information content (AvgIpc) is 2.50. The SMILES string of the molecule is O=C1c2ccc(O)c(O)c2-c2c(O)c(O)cc3cccc1c23. The van der Waals surface area contributed by atoms with E-state index in [1.807, 2.05) is 0 Å². The zero-order chi connectivity index (χ0) is 15.6. The minimum Gasteiger partial charge on any atom is -0.504 e. The second-order valence-electron chi connectivity index (χ2n) is 5.21. The van der Waals surface area contributed by atoms with Crippen molar-refractivity contribution in [3.05, 3.63) is 47.5 Å². The highest BCUT2D eigenvalue weighted by Crippen LogP contribution is 2.52. The molecule has 0 radical (unpaired) electrons. The van der Waals surface area contributed by atoms with Crippen LogP contribution in [0.2, 0.25) is 0 Å². The number of phenolic OH excluding ortho intramolecular Hbond substituents is 4. The highest BCUT2D eigenvalue weighted by Gasteiger charge is 2.31. The zero-order valence-corrected chi connectivity index (χ0v) is 11.2. The summed E-state index contributed by atoms with van der Waals surface area (Å²) in [6.45, 7) is 0. The van der Waals surface area contributed by atoms with E-state index in [0.717, 1.165) is 0 Å². The van der Waals surface area contributed by atoms with E-state index in [1.54, 1.807) is 18.2 Å². The standard InChI is InChI=1S/C17H10O5/c18-10-5-4-9-13(16(10)21)14-12-7(6-11(19)17(14)22)2-1-3-8(12)15(9)20/h1-6,18-19,21-22H. The van der Waals surface area contributed by atoms with E-state index < -0.39 is 17.2 Å². The minimum atomic E-state index is -0.498. The molecule has 0 atom stereocenters. The van der Waals surface area contributed by atoms with E-state index in [1.165, 1.54) is 18.2 Å². The van der Waals surface area contributed by atoms with Gasteiger partial charge in [0.2, 0.25) is 0 Å². The number of hydrogen-bond acceptors (Lipinski definition) is 5. The number of benzene rings is 3. The summed E-state index contributed by atoms with van der Waals surface area (Å²) < 4.78 is 0. The molecule has 0 aromatic heterocycles. The van der Waals surface area contributed by atoms with Crippen LogP contribution < -0.4 is 0 Å². The van der Waals surface area contributed by atoms with Crippen LogP contribution in [0.25, 0.3) is 21.9 Å². The molecule has 0 fully saturated rings. The molecular weight excluding hydrogens is 284 g/mol. The van der Waals surface area contributed by atoms with Gasteiger partial charge in [0, 0.05) is 27.6 Å². The Kier molecular flexibility index (Phi) is 2.23. The van der Waals surface area contributed by atoms with Gasteiger partial charge in [-0.15, -0.1) is 0 Å². The normalized spacial score (nSPS) is 12.5. The Bertz CT molecular complexity index is 988. The van der Waals surface area contributed by atoms with Crippen molar-refractivity contribution in [1.29, 1.82) is 0 Å². The fourth-order valence-corrected chi connectivity index (χ4v) is 3.03. The second kappa shape index (κ2) is 3.92. The number of ketones is 1. The molecule has 0 saturated carbocycles. The van der Waals surface area contributed by atoms with Crippen LogP contribution in [0.4, 0.5) is 0 Å². The maximum Gasteiger partial charge on any atom is 0.194 e. The molecule has 3 aromatic rings. The predicted octanol–water partition coefficient (Wildman–Crippen LogP) is 2.87. The van der Waals surface area contributed by atoms with E-state index in [-0.39, 0.29) is 28.2 Å². The number of hydrogen-bond donors (Lipinski definition) is 4. The summed E-state index contributed by atoms with van der Waals surface area (Å²) in [6, 6.07) is 8.96. The summed E-state index contributed by atoms with van der Waals surface area (Å²) in [5.74, 6) is -2.00. The summed E-state index contributed by atoms with van der Waals surface area (Å²) in [5, 5.41) is 41.0. The number of rotatable bonds is 0. The smallest absolute Gasteiger partial charge is 0.194 e. The number of carbonyl (C=O) groups is 1. The summed E-state index contributed by atoms with van der Waals surface area (Å²) in [6.07, 6.45) is 0. The Labute approximate surface area is 124 Å². The maximum absolute atomic E-state index is 12.6. The molecule has 5 nitrogen and oxygen atoms in total. The van der Waals surface area contributed by atoms with Crippen LogP contribution in [0.1, 0.15) is 15.9 Å². The largest absolute Gasteiger partial charge is 0.504 e. The highest BCUT2D eigenvalue weighted by atomic mass is 16.3. The Morgan fingerprint density at radius 3 is 2.23 bits per heavy atom. The summed E-state index contributed by atoms with van der Waals surface area (Å²) in [7, 11) is 0. The molecule has 0 aliphatic heterocycles. The van der Waals surface area contributed by atoms with Gasteiger partial charge in [0.1, 0.15) is 0 Å². The fourth-order valence-electron chi connectivity index (χ4n) is 3.03. The molecule has 0 bridgehead atoms. The van der Waals surface area contributed by atoms with Gasteiger partial charge in [0.25, 0.3) is 0 Å². The van der Waals surface area contributed by atoms with Crippen molar-refractivity contribution in [2.75, 3.05) is 0 Å². The van der Waals surface area contributed by atoms with Crippen LogP contribution in [-0.2, 0) is 0 Å². The molecule has 0 heterocycles. The lowest BCUT2D eigenvalue weighted by Gasteiger charge is -2.22. The highest BCUT2D eigenvalue weighted by molar-refractivity contribution is 6.27. The quantitative estimate of drug-likeness (QED) is 0.374. The third-order valence-corrected chi connectivity index (χ3v) is 4.01. The van der Waals surface area contributed by atoms with Gasteiger partial charge in [-0.3, -0.25) is 4.79 Å². The first-order chi connectivity index (χ1) is 10.5. The van der Waals surface area contributed by atoms with Gasteiger partial charge in [-0.1, -0.05) is 18.2 Å². The first kappa shape index (κ1) is 12.5. The lowest BCUT2D eigenvalue weighted by Crippen LogP contribution is -2.10. The Hall–Kier alpha value is -3.21. The van der Waals surface area contributed by atoms with Gasteiger partial charge >= 0.3 is 0 Å². The fraction of sp³-hybridized carbons (Fsp3) is 0. The minimum absolute atomic E-state index is 0.0297. The molecule has 108 valence electrons. The van der Waals surface area contributed by atoms with E-state index in [2.05, 4.69) is 0 Å². The third-order valence-electron chi connectivity index (χ3n) is 4.01. The van der Waals surface area contributed by atoms with Crippen molar-refractivity contribution in [2.24, 2.45) is 0 Å². The number of phenols is 4. The number of carbonyl (C=O) groups excluding carboxylic acids is 1. The van der Waals surface area contributed by atoms with Gasteiger partial charge in [0.05, 0.1) is 0 Å². The van der Waals surface area contributed by atoms with Crippen molar-refractivity contribution in [3.8, 4) is 34.1 Å². The molecule has 22 heavy (non-hydrogen) atoms. The first-order valence-corrected chi connectivity index (χ1v) is 6.58. The van der Waals surface area contributed by atoms with E-state index in [9.17, 15) is 25.2 Å². The molecule has 0 amide bonds. The lowest BCUT2D eigenvalue weighted by atomic mass is 9.81. The maximum atomic E-state index is 12.6. The van der Waals surface area contributed by atoms with Crippen LogP contribution in [0.5, 0.6) is 23.0 Å². The van der Waals surface area contributed by atoms with Crippen molar-refractivity contribution >= 4 is 16.6 Å². The molecule has 5 heteroatoms. The van der Waals surface area contributed by atoms with Gasteiger partial charge in [-0.05, 0) is 23.6 Å². The monoisotopic (exact) mass is 294 g/mol. The second-order valence-corrected chi connectivity index (χ2v) is 5.21. The average molecular weight is 294 g/mol. The molecule has 0 spiro atoms. The van der Waals surface area contributed by atoms with Crippen molar-refractivity contribution < 1.29 is 25.2 Å². The van der Waals surface area contributed by atoms with Gasteiger partial charge in [0.15, 0.2) is 28.8 Å². The van der Waals surface area contributed by atoms with Crippen molar-refractivity contribution in [1.82, 2.24) is 0 Å². The molecule has 4 N–H and O–H groups in total. The van der Waals surface area contributed by atoms with Crippen LogP contribution in [0.3, 0.4) is 0 Å². The molecule has 1 aliphatic rings. The predicted molar refractivity (Wildman–Crippen MR) is 79.5 cm³/mol. The summed E-state index contributed by atoms with van der Waals surface area (Å²) >= 11 is 0. The Morgan fingerprint density at radius 1 is 0.727 bits per heavy atom. The first-order valence-electron chi connectivity index (χ1n) is 6.58. The Balaban J connectivity index is 2.33. The van der Waals surface area contributed by atoms with E-state index in [4.69, 9.17) is 0 Å².